The van der Waals surface area contributed by atoms with Crippen LogP contribution < -0.4 is 5.73 Å². The number of hydrogen-bond acceptors (Lipinski definition) is 2. The number of methoxy groups -OCH3 is 1. The van der Waals surface area contributed by atoms with E-state index in [1.807, 2.05) is 0 Å². The lowest BCUT2D eigenvalue weighted by Gasteiger charge is -2.36. The third-order valence-electron chi connectivity index (χ3n) is 2.16. The lowest BCUT2D eigenvalue weighted by atomic mass is 10.4. The Bertz CT molecular complexity index is 107. The van der Waals surface area contributed by atoms with Crippen molar-refractivity contribution in [3.63, 3.8) is 0 Å². The Morgan fingerprint density at radius 3 is 1.90 bits per heavy atom. The van der Waals surface area contributed by atoms with Crippen molar-refractivity contribution in [3.8, 4) is 0 Å². The fourth-order valence-corrected chi connectivity index (χ4v) is 1.09. The summed E-state index contributed by atoms with van der Waals surface area (Å²) < 4.78 is 5.04. The SMILES string of the molecule is COCC(C)(N)[Si](C)(C)C. The Balaban J connectivity index is 4.10. The van der Waals surface area contributed by atoms with E-state index in [4.69, 9.17) is 10.5 Å². The van der Waals surface area contributed by atoms with Crippen molar-refractivity contribution >= 4 is 8.07 Å². The molecule has 0 aliphatic heterocycles. The van der Waals surface area contributed by atoms with Crippen LogP contribution in [-0.2, 0) is 4.74 Å². The van der Waals surface area contributed by atoms with Crippen molar-refractivity contribution in [2.24, 2.45) is 5.73 Å². The van der Waals surface area contributed by atoms with Crippen LogP contribution in [0.5, 0.6) is 0 Å². The van der Waals surface area contributed by atoms with Crippen molar-refractivity contribution in [2.75, 3.05) is 13.7 Å². The molecule has 62 valence electrons. The molecule has 1 atom stereocenters. The van der Waals surface area contributed by atoms with Gasteiger partial charge in [0.1, 0.15) is 0 Å². The molecule has 3 heteroatoms. The van der Waals surface area contributed by atoms with Gasteiger partial charge in [0.2, 0.25) is 0 Å². The van der Waals surface area contributed by atoms with Crippen LogP contribution in [0.4, 0.5) is 0 Å². The average molecular weight is 161 g/mol. The molecule has 0 heterocycles. The number of ether oxygens (including phenoxy) is 1. The van der Waals surface area contributed by atoms with Gasteiger partial charge in [0, 0.05) is 12.3 Å². The molecule has 0 aliphatic carbocycles. The summed E-state index contributed by atoms with van der Waals surface area (Å²) in [6, 6.07) is 0. The lowest BCUT2D eigenvalue weighted by Crippen LogP contribution is -2.59. The monoisotopic (exact) mass is 161 g/mol. The molecule has 0 spiro atoms. The molecular formula is C7H19NOSi. The summed E-state index contributed by atoms with van der Waals surface area (Å²) >= 11 is 0. The van der Waals surface area contributed by atoms with Crippen LogP contribution >= 0.6 is 0 Å². The largest absolute Gasteiger partial charge is 0.383 e. The molecule has 10 heavy (non-hydrogen) atoms. The predicted octanol–water partition coefficient (Wildman–Crippen LogP) is 1.23. The van der Waals surface area contributed by atoms with Crippen LogP contribution in [0.2, 0.25) is 19.6 Å². The molecule has 0 bridgehead atoms. The molecule has 0 saturated carbocycles. The molecular weight excluding hydrogens is 142 g/mol. The molecule has 0 aromatic rings. The minimum Gasteiger partial charge on any atom is -0.383 e. The first-order valence-corrected chi connectivity index (χ1v) is 7.09. The van der Waals surface area contributed by atoms with Crippen molar-refractivity contribution in [1.29, 1.82) is 0 Å². The number of rotatable bonds is 3. The van der Waals surface area contributed by atoms with Gasteiger partial charge in [-0.2, -0.15) is 0 Å². The van der Waals surface area contributed by atoms with Gasteiger partial charge in [-0.3, -0.25) is 0 Å². The van der Waals surface area contributed by atoms with Crippen LogP contribution in [0.15, 0.2) is 0 Å². The summed E-state index contributed by atoms with van der Waals surface area (Å²) in [5.41, 5.74) is 6.04. The normalized spacial score (nSPS) is 18.6. The van der Waals surface area contributed by atoms with E-state index in [9.17, 15) is 0 Å². The van der Waals surface area contributed by atoms with Gasteiger partial charge < -0.3 is 10.5 Å². The van der Waals surface area contributed by atoms with Gasteiger partial charge in [-0.25, -0.2) is 0 Å². The topological polar surface area (TPSA) is 35.2 Å². The average Bonchev–Trinajstić information content (AvgIpc) is 1.61. The van der Waals surface area contributed by atoms with Crippen molar-refractivity contribution < 1.29 is 4.74 Å². The highest BCUT2D eigenvalue weighted by molar-refractivity contribution is 6.79. The summed E-state index contributed by atoms with van der Waals surface area (Å²) in [6.45, 7) is 9.51. The van der Waals surface area contributed by atoms with Gasteiger partial charge in [-0.05, 0) is 6.92 Å². The van der Waals surface area contributed by atoms with Gasteiger partial charge in [-0.15, -0.1) is 0 Å². The van der Waals surface area contributed by atoms with Crippen LogP contribution in [0.3, 0.4) is 0 Å². The van der Waals surface area contributed by atoms with Crippen LogP contribution in [-0.4, -0.2) is 27.0 Å². The van der Waals surface area contributed by atoms with E-state index in [0.29, 0.717) is 6.61 Å². The first-order chi connectivity index (χ1) is 4.31. The lowest BCUT2D eigenvalue weighted by molar-refractivity contribution is 0.168. The van der Waals surface area contributed by atoms with Gasteiger partial charge in [0.25, 0.3) is 0 Å². The Morgan fingerprint density at radius 2 is 1.80 bits per heavy atom. The summed E-state index contributed by atoms with van der Waals surface area (Å²) in [6.07, 6.45) is 0. The third kappa shape index (κ3) is 2.40. The Labute approximate surface area is 64.8 Å². The first kappa shape index (κ1) is 10.1. The van der Waals surface area contributed by atoms with E-state index in [1.165, 1.54) is 0 Å². The van der Waals surface area contributed by atoms with E-state index >= 15 is 0 Å². The smallest absolute Gasteiger partial charge is 0.0697 e. The summed E-state index contributed by atoms with van der Waals surface area (Å²) in [4.78, 5) is 0. The van der Waals surface area contributed by atoms with Gasteiger partial charge >= 0.3 is 0 Å². The van der Waals surface area contributed by atoms with E-state index in [2.05, 4.69) is 26.6 Å². The predicted molar refractivity (Wildman–Crippen MR) is 47.8 cm³/mol. The van der Waals surface area contributed by atoms with Crippen molar-refractivity contribution in [3.05, 3.63) is 0 Å². The molecule has 2 N–H and O–H groups in total. The molecule has 0 amide bonds. The zero-order chi connectivity index (χ0) is 8.41. The minimum atomic E-state index is -1.25. The second kappa shape index (κ2) is 3.03. The van der Waals surface area contributed by atoms with Crippen LogP contribution in [0.25, 0.3) is 0 Å². The molecule has 2 nitrogen and oxygen atoms in total. The fourth-order valence-electron chi connectivity index (χ4n) is 0.516. The summed E-state index contributed by atoms with van der Waals surface area (Å²) in [5.74, 6) is 0. The number of hydrogen-bond donors (Lipinski definition) is 1. The standard InChI is InChI=1S/C7H19NOSi/c1-7(8,6-9-2)10(3,4)5/h6,8H2,1-5H3. The maximum Gasteiger partial charge on any atom is 0.0697 e. The first-order valence-electron chi connectivity index (χ1n) is 3.59. The van der Waals surface area contributed by atoms with Crippen LogP contribution in [0, 0.1) is 0 Å². The Kier molecular flexibility index (Phi) is 3.07. The summed E-state index contributed by atoms with van der Waals surface area (Å²) in [7, 11) is 0.447. The van der Waals surface area contributed by atoms with Gasteiger partial charge in [0.05, 0.1) is 14.7 Å². The van der Waals surface area contributed by atoms with E-state index in [0.717, 1.165) is 0 Å². The zero-order valence-corrected chi connectivity index (χ0v) is 8.69. The summed E-state index contributed by atoms with van der Waals surface area (Å²) in [5, 5.41) is -0.0955. The van der Waals surface area contributed by atoms with Gasteiger partial charge in [-0.1, -0.05) is 19.6 Å². The highest BCUT2D eigenvalue weighted by Gasteiger charge is 2.34. The molecule has 0 rings (SSSR count). The molecule has 0 aromatic carbocycles. The van der Waals surface area contributed by atoms with E-state index < -0.39 is 8.07 Å². The van der Waals surface area contributed by atoms with Crippen molar-refractivity contribution in [2.45, 2.75) is 31.7 Å². The molecule has 0 aliphatic rings. The van der Waals surface area contributed by atoms with Gasteiger partial charge in [0.15, 0.2) is 0 Å². The molecule has 0 radical (unpaired) electrons. The molecule has 1 unspecified atom stereocenters. The third-order valence-corrected chi connectivity index (χ3v) is 5.73. The van der Waals surface area contributed by atoms with E-state index in [1.54, 1.807) is 7.11 Å². The Hall–Kier alpha value is 0.137. The van der Waals surface area contributed by atoms with Crippen molar-refractivity contribution in [1.82, 2.24) is 0 Å². The van der Waals surface area contributed by atoms with E-state index in [-0.39, 0.29) is 5.16 Å². The highest BCUT2D eigenvalue weighted by atomic mass is 28.3. The Morgan fingerprint density at radius 1 is 1.40 bits per heavy atom. The highest BCUT2D eigenvalue weighted by Crippen LogP contribution is 2.16. The molecule has 0 aromatic heterocycles. The fraction of sp³-hybridized carbons (Fsp3) is 1.00. The maximum atomic E-state index is 6.04. The molecule has 0 fully saturated rings. The second-order valence-electron chi connectivity index (χ2n) is 4.10. The molecule has 0 saturated heterocycles. The maximum absolute atomic E-state index is 6.04. The zero-order valence-electron chi connectivity index (χ0n) is 7.69. The quantitative estimate of drug-likeness (QED) is 0.632. The second-order valence-corrected chi connectivity index (χ2v) is 9.74. The van der Waals surface area contributed by atoms with Crippen LogP contribution in [0.1, 0.15) is 6.92 Å². The number of nitrogens with two attached hydrogens (primary N) is 1. The minimum absolute atomic E-state index is 0.0955.